The van der Waals surface area contributed by atoms with Crippen LogP contribution in [0.1, 0.15) is 17.3 Å². The number of nitrogens with zero attached hydrogens (tertiary/aromatic N) is 1. The van der Waals surface area contributed by atoms with E-state index in [1.165, 1.54) is 0 Å². The zero-order valence-corrected chi connectivity index (χ0v) is 12.3. The largest absolute Gasteiger partial charge is 0.370 e. The number of aromatic nitrogens is 1. The van der Waals surface area contributed by atoms with E-state index in [2.05, 4.69) is 15.6 Å². The molecule has 2 N–H and O–H groups in total. The molecule has 0 aromatic heterocycles. The minimum atomic E-state index is -0.157. The zero-order valence-electron chi connectivity index (χ0n) is 12.3. The van der Waals surface area contributed by atoms with E-state index < -0.39 is 0 Å². The van der Waals surface area contributed by atoms with Crippen LogP contribution in [0, 0.1) is 0 Å². The fourth-order valence-electron chi connectivity index (χ4n) is 2.39. The van der Waals surface area contributed by atoms with E-state index in [-0.39, 0.29) is 5.91 Å². The van der Waals surface area contributed by atoms with Crippen LogP contribution in [0.25, 0.3) is 11.3 Å². The third-order valence-corrected chi connectivity index (χ3v) is 3.36. The van der Waals surface area contributed by atoms with Crippen LogP contribution in [0.5, 0.6) is 0 Å². The molecule has 22 heavy (non-hydrogen) atoms. The minimum absolute atomic E-state index is 0.157. The first-order valence-corrected chi connectivity index (χ1v) is 7.28. The van der Waals surface area contributed by atoms with Crippen LogP contribution < -0.4 is 10.6 Å². The Kier molecular flexibility index (Phi) is 4.01. The van der Waals surface area contributed by atoms with Gasteiger partial charge < -0.3 is 10.6 Å². The predicted octanol–water partition coefficient (Wildman–Crippen LogP) is 3.87. The molecule has 110 valence electrons. The van der Waals surface area contributed by atoms with Gasteiger partial charge in [0.1, 0.15) is 5.82 Å². The standard InChI is InChI=1S/C18H17N3O/c1-2-19-17-16(14-11-7-4-8-12-15(14)21-17)18(22)20-13-9-5-3-6-10-13/h3-12H,2H2,1H3,(H,19,21)(H,20,22). The van der Waals surface area contributed by atoms with E-state index in [9.17, 15) is 4.79 Å². The molecule has 2 aliphatic rings. The summed E-state index contributed by atoms with van der Waals surface area (Å²) in [5.74, 6) is 0.466. The summed E-state index contributed by atoms with van der Waals surface area (Å²) in [5.41, 5.74) is 3.00. The summed E-state index contributed by atoms with van der Waals surface area (Å²) in [6.07, 6.45) is 0. The van der Waals surface area contributed by atoms with Gasteiger partial charge in [-0.1, -0.05) is 42.5 Å². The van der Waals surface area contributed by atoms with Crippen molar-refractivity contribution in [3.8, 4) is 11.3 Å². The number of amides is 1. The number of para-hydroxylation sites is 1. The lowest BCUT2D eigenvalue weighted by atomic mass is 10.1. The van der Waals surface area contributed by atoms with Crippen molar-refractivity contribution >= 4 is 17.4 Å². The summed E-state index contributed by atoms with van der Waals surface area (Å²) in [6.45, 7) is 2.69. The van der Waals surface area contributed by atoms with Crippen molar-refractivity contribution in [1.82, 2.24) is 4.98 Å². The second-order valence-electron chi connectivity index (χ2n) is 4.90. The van der Waals surface area contributed by atoms with Gasteiger partial charge in [-0.25, -0.2) is 4.98 Å². The molecule has 1 aromatic rings. The van der Waals surface area contributed by atoms with Crippen LogP contribution in [-0.4, -0.2) is 17.4 Å². The summed E-state index contributed by atoms with van der Waals surface area (Å²) in [4.78, 5) is 17.2. The lowest BCUT2D eigenvalue weighted by Gasteiger charge is -2.07. The molecule has 1 amide bonds. The van der Waals surface area contributed by atoms with Crippen molar-refractivity contribution in [2.24, 2.45) is 0 Å². The van der Waals surface area contributed by atoms with Crippen molar-refractivity contribution in [3.05, 3.63) is 66.2 Å². The topological polar surface area (TPSA) is 54.0 Å². The lowest BCUT2D eigenvalue weighted by molar-refractivity contribution is 0.102. The van der Waals surface area contributed by atoms with E-state index in [0.717, 1.165) is 16.9 Å². The highest BCUT2D eigenvalue weighted by Crippen LogP contribution is 2.31. The molecule has 0 atom stereocenters. The average Bonchev–Trinajstić information content (AvgIpc) is 2.70. The first-order valence-electron chi connectivity index (χ1n) is 7.28. The van der Waals surface area contributed by atoms with Gasteiger partial charge in [-0.15, -0.1) is 0 Å². The minimum Gasteiger partial charge on any atom is -0.370 e. The molecule has 0 unspecified atom stereocenters. The van der Waals surface area contributed by atoms with E-state index in [4.69, 9.17) is 0 Å². The summed E-state index contributed by atoms with van der Waals surface area (Å²) < 4.78 is 0. The molecule has 0 bridgehead atoms. The number of carbonyl (C=O) groups excluding carboxylic acids is 1. The monoisotopic (exact) mass is 291 g/mol. The van der Waals surface area contributed by atoms with Gasteiger partial charge in [0.05, 0.1) is 11.3 Å². The van der Waals surface area contributed by atoms with Gasteiger partial charge in [-0.3, -0.25) is 4.79 Å². The molecule has 0 saturated carbocycles. The summed E-state index contributed by atoms with van der Waals surface area (Å²) >= 11 is 0. The lowest BCUT2D eigenvalue weighted by Crippen LogP contribution is -2.14. The molecule has 0 fully saturated rings. The zero-order chi connectivity index (χ0) is 15.4. The van der Waals surface area contributed by atoms with Crippen LogP contribution in [0.15, 0.2) is 60.7 Å². The van der Waals surface area contributed by atoms with Gasteiger partial charge in [-0.2, -0.15) is 0 Å². The maximum Gasteiger partial charge on any atom is 0.260 e. The Balaban J connectivity index is 2.02. The Morgan fingerprint density at radius 2 is 1.68 bits per heavy atom. The normalized spacial score (nSPS) is 10.4. The molecular weight excluding hydrogens is 274 g/mol. The number of carbonyl (C=O) groups is 1. The molecular formula is C18H17N3O. The second-order valence-corrected chi connectivity index (χ2v) is 4.90. The molecule has 4 nitrogen and oxygen atoms in total. The van der Waals surface area contributed by atoms with Crippen LogP contribution in [0.2, 0.25) is 0 Å². The van der Waals surface area contributed by atoms with Gasteiger partial charge in [-0.05, 0) is 25.1 Å². The quantitative estimate of drug-likeness (QED) is 0.767. The van der Waals surface area contributed by atoms with Crippen molar-refractivity contribution in [1.29, 1.82) is 0 Å². The van der Waals surface area contributed by atoms with Gasteiger partial charge in [0, 0.05) is 17.8 Å². The number of anilines is 2. The van der Waals surface area contributed by atoms with E-state index >= 15 is 0 Å². The van der Waals surface area contributed by atoms with Crippen LogP contribution in [-0.2, 0) is 0 Å². The highest BCUT2D eigenvalue weighted by Gasteiger charge is 2.22. The van der Waals surface area contributed by atoms with Crippen molar-refractivity contribution in [2.45, 2.75) is 6.92 Å². The number of hydrogen-bond donors (Lipinski definition) is 2. The van der Waals surface area contributed by atoms with Gasteiger partial charge in [0.15, 0.2) is 0 Å². The number of rotatable bonds is 4. The molecule has 1 aromatic carbocycles. The Bertz CT molecular complexity index is 756. The fourth-order valence-corrected chi connectivity index (χ4v) is 2.39. The third kappa shape index (κ3) is 2.76. The third-order valence-electron chi connectivity index (χ3n) is 3.36. The molecule has 1 heterocycles. The molecule has 0 radical (unpaired) electrons. The highest BCUT2D eigenvalue weighted by molar-refractivity contribution is 6.12. The number of nitrogens with one attached hydrogen (secondary N) is 2. The van der Waals surface area contributed by atoms with E-state index in [0.29, 0.717) is 17.9 Å². The summed E-state index contributed by atoms with van der Waals surface area (Å²) in [6, 6.07) is 19.0. The number of benzene rings is 1. The maximum atomic E-state index is 12.7. The average molecular weight is 291 g/mol. The molecule has 0 spiro atoms. The first-order chi connectivity index (χ1) is 10.8. The van der Waals surface area contributed by atoms with Crippen molar-refractivity contribution < 1.29 is 4.79 Å². The van der Waals surface area contributed by atoms with Gasteiger partial charge in [0.25, 0.3) is 5.91 Å². The van der Waals surface area contributed by atoms with E-state index in [1.807, 2.05) is 67.6 Å². The first kappa shape index (κ1) is 14.1. The molecule has 4 heteroatoms. The molecule has 0 saturated heterocycles. The smallest absolute Gasteiger partial charge is 0.260 e. The molecule has 3 rings (SSSR count). The van der Waals surface area contributed by atoms with Gasteiger partial charge >= 0.3 is 0 Å². The number of fused-ring (bicyclic) bond motifs is 1. The van der Waals surface area contributed by atoms with Crippen LogP contribution >= 0.6 is 0 Å². The number of hydrogen-bond acceptors (Lipinski definition) is 3. The van der Waals surface area contributed by atoms with Crippen molar-refractivity contribution in [3.63, 3.8) is 0 Å². The summed E-state index contributed by atoms with van der Waals surface area (Å²) in [5, 5.41) is 6.10. The van der Waals surface area contributed by atoms with Crippen molar-refractivity contribution in [2.75, 3.05) is 17.2 Å². The maximum absolute atomic E-state index is 12.7. The SMILES string of the molecule is CCNc1nc2cccccc-2c1C(=O)Nc1ccccc1. The van der Waals surface area contributed by atoms with Crippen LogP contribution in [0.3, 0.4) is 0 Å². The Hall–Kier alpha value is -2.88. The molecule has 1 aliphatic heterocycles. The van der Waals surface area contributed by atoms with Crippen LogP contribution in [0.4, 0.5) is 11.5 Å². The predicted molar refractivity (Wildman–Crippen MR) is 89.4 cm³/mol. The highest BCUT2D eigenvalue weighted by atomic mass is 16.1. The van der Waals surface area contributed by atoms with Gasteiger partial charge in [0.2, 0.25) is 0 Å². The second kappa shape index (κ2) is 6.26. The Morgan fingerprint density at radius 1 is 1.00 bits per heavy atom. The Morgan fingerprint density at radius 3 is 2.41 bits per heavy atom. The summed E-state index contributed by atoms with van der Waals surface area (Å²) in [7, 11) is 0. The Labute approximate surface area is 129 Å². The van der Waals surface area contributed by atoms with E-state index in [1.54, 1.807) is 0 Å². The molecule has 1 aliphatic carbocycles. The fraction of sp³-hybridized carbons (Fsp3) is 0.111.